The van der Waals surface area contributed by atoms with Crippen LogP contribution in [0.2, 0.25) is 0 Å². The van der Waals surface area contributed by atoms with E-state index in [0.717, 1.165) is 89.9 Å². The van der Waals surface area contributed by atoms with Crippen LogP contribution in [0, 0.1) is 0 Å². The van der Waals surface area contributed by atoms with Gasteiger partial charge in [-0.15, -0.1) is 0 Å². The first-order valence-corrected chi connectivity index (χ1v) is 49.3. The first-order chi connectivity index (χ1) is 52.7. The van der Waals surface area contributed by atoms with E-state index < -0.39 is 97.5 Å². The topological polar surface area (TPSA) is 237 Å². The number of ether oxygens (including phenoxy) is 4. The fraction of sp³-hybridized carbons (Fsp3) is 0.955. The molecule has 0 aromatic carbocycles. The van der Waals surface area contributed by atoms with Crippen LogP contribution in [0.3, 0.4) is 0 Å². The summed E-state index contributed by atoms with van der Waals surface area (Å²) in [5.74, 6) is -2.09. The third-order valence-corrected chi connectivity index (χ3v) is 23.0. The molecule has 17 nitrogen and oxygen atoms in total. The third-order valence-electron chi connectivity index (χ3n) is 21.1. The third kappa shape index (κ3) is 82.1. The monoisotopic (exact) mass is 1580 g/mol. The van der Waals surface area contributed by atoms with Crippen LogP contribution in [0.15, 0.2) is 0 Å². The molecule has 0 aliphatic carbocycles. The van der Waals surface area contributed by atoms with Crippen molar-refractivity contribution in [1.82, 2.24) is 0 Å². The van der Waals surface area contributed by atoms with Gasteiger partial charge < -0.3 is 33.8 Å². The van der Waals surface area contributed by atoms with Crippen LogP contribution in [-0.4, -0.2) is 96.7 Å². The highest BCUT2D eigenvalue weighted by Gasteiger charge is 2.30. The van der Waals surface area contributed by atoms with Crippen molar-refractivity contribution in [1.29, 1.82) is 0 Å². The van der Waals surface area contributed by atoms with Gasteiger partial charge in [-0.1, -0.05) is 439 Å². The Bertz CT molecular complexity index is 2030. The van der Waals surface area contributed by atoms with Crippen LogP contribution >= 0.6 is 15.6 Å². The number of carbonyl (C=O) groups excluding carboxylic acids is 4. The van der Waals surface area contributed by atoms with Crippen molar-refractivity contribution in [2.24, 2.45) is 0 Å². The van der Waals surface area contributed by atoms with Gasteiger partial charge in [0.05, 0.1) is 26.4 Å². The summed E-state index contributed by atoms with van der Waals surface area (Å²) in [4.78, 5) is 73.3. The number of phosphoric acid groups is 2. The average Bonchev–Trinajstić information content (AvgIpc) is 0.887. The summed E-state index contributed by atoms with van der Waals surface area (Å²) in [7, 11) is -9.93. The van der Waals surface area contributed by atoms with E-state index in [0.29, 0.717) is 25.7 Å². The van der Waals surface area contributed by atoms with Gasteiger partial charge in [-0.25, -0.2) is 9.13 Å². The van der Waals surface area contributed by atoms with Crippen LogP contribution in [-0.2, 0) is 65.4 Å². The summed E-state index contributed by atoms with van der Waals surface area (Å²) in [6.07, 6.45) is 79.2. The Morgan fingerprint density at radius 1 is 0.222 bits per heavy atom. The predicted molar refractivity (Wildman–Crippen MR) is 446 cm³/mol. The lowest BCUT2D eigenvalue weighted by Crippen LogP contribution is -2.30. The van der Waals surface area contributed by atoms with E-state index in [9.17, 15) is 43.2 Å². The van der Waals surface area contributed by atoms with Gasteiger partial charge in [0.2, 0.25) is 0 Å². The Balaban J connectivity index is 5.23. The minimum Gasteiger partial charge on any atom is -0.462 e. The average molecular weight is 1580 g/mol. The number of unbranched alkanes of at least 4 members (excludes halogenated alkanes) is 64. The zero-order valence-electron chi connectivity index (χ0n) is 70.8. The summed E-state index contributed by atoms with van der Waals surface area (Å²) in [5.41, 5.74) is 0. The molecule has 0 heterocycles. The highest BCUT2D eigenvalue weighted by Crippen LogP contribution is 2.45. The van der Waals surface area contributed by atoms with Gasteiger partial charge >= 0.3 is 39.5 Å². The first kappa shape index (κ1) is 106. The molecule has 0 spiro atoms. The molecule has 0 rings (SSSR count). The standard InChI is InChI=1S/C89H174O17P2/c1-5-9-13-17-21-25-29-33-36-38-40-41-42-44-46-49-52-56-60-64-68-72-76-89(94)106-85(80-100-87(92)74-70-66-62-58-54-50-48-45-43-39-37-34-30-26-22-18-14-10-6-2)82-104-108(97,98)102-78-83(90)77-101-107(95,96)103-81-84(79-99-86(91)73-69-65-61-57-53-32-28-24-20-16-12-8-4)105-88(93)75-71-67-63-59-55-51-47-35-31-27-23-19-15-11-7-3/h83-85,90H,5-82H2,1-4H3,(H,95,96)(H,97,98)/t83-,84+,85+/m0/s1. The second-order valence-corrected chi connectivity index (χ2v) is 34.9. The molecule has 19 heteroatoms. The van der Waals surface area contributed by atoms with Crippen molar-refractivity contribution in [2.45, 2.75) is 508 Å². The Morgan fingerprint density at radius 3 is 0.546 bits per heavy atom. The maximum absolute atomic E-state index is 13.2. The van der Waals surface area contributed by atoms with E-state index in [4.69, 9.17) is 37.0 Å². The molecule has 2 unspecified atom stereocenters. The number of hydrogen-bond donors (Lipinski definition) is 3. The lowest BCUT2D eigenvalue weighted by molar-refractivity contribution is -0.161. The molecule has 0 amide bonds. The maximum atomic E-state index is 13.2. The van der Waals surface area contributed by atoms with Crippen molar-refractivity contribution < 1.29 is 80.2 Å². The van der Waals surface area contributed by atoms with Crippen molar-refractivity contribution in [3.63, 3.8) is 0 Å². The van der Waals surface area contributed by atoms with Gasteiger partial charge in [0, 0.05) is 25.7 Å². The predicted octanol–water partition coefficient (Wildman–Crippen LogP) is 27.7. The zero-order valence-corrected chi connectivity index (χ0v) is 72.6. The molecule has 0 saturated carbocycles. The largest absolute Gasteiger partial charge is 0.472 e. The van der Waals surface area contributed by atoms with Gasteiger partial charge in [-0.2, -0.15) is 0 Å². The molecule has 0 saturated heterocycles. The molecule has 0 aliphatic heterocycles. The van der Waals surface area contributed by atoms with Crippen LogP contribution in [0.25, 0.3) is 0 Å². The molecule has 0 radical (unpaired) electrons. The number of phosphoric ester groups is 2. The Kier molecular flexibility index (Phi) is 81.5. The highest BCUT2D eigenvalue weighted by atomic mass is 31.2. The smallest absolute Gasteiger partial charge is 0.462 e. The maximum Gasteiger partial charge on any atom is 0.472 e. The number of rotatable bonds is 90. The van der Waals surface area contributed by atoms with Crippen LogP contribution in [0.5, 0.6) is 0 Å². The quantitative estimate of drug-likeness (QED) is 0.0222. The Morgan fingerprint density at radius 2 is 0.370 bits per heavy atom. The normalized spacial score (nSPS) is 13.7. The summed E-state index contributed by atoms with van der Waals surface area (Å²) in [5, 5.41) is 10.7. The summed E-state index contributed by atoms with van der Waals surface area (Å²) in [6, 6.07) is 0. The van der Waals surface area contributed by atoms with E-state index in [1.54, 1.807) is 0 Å². The number of aliphatic hydroxyl groups excluding tert-OH is 1. The van der Waals surface area contributed by atoms with E-state index in [-0.39, 0.29) is 25.7 Å². The molecular formula is C89H174O17P2. The highest BCUT2D eigenvalue weighted by molar-refractivity contribution is 7.47. The molecule has 0 aromatic heterocycles. The first-order valence-electron chi connectivity index (χ1n) is 46.3. The lowest BCUT2D eigenvalue weighted by atomic mass is 10.0. The molecule has 3 N–H and O–H groups in total. The van der Waals surface area contributed by atoms with E-state index in [2.05, 4.69) is 27.7 Å². The molecule has 0 fully saturated rings. The van der Waals surface area contributed by atoms with E-state index in [1.807, 2.05) is 0 Å². The number of aliphatic hydroxyl groups is 1. The summed E-state index contributed by atoms with van der Waals surface area (Å²) in [6.45, 7) is 5.08. The zero-order chi connectivity index (χ0) is 78.9. The van der Waals surface area contributed by atoms with Crippen molar-refractivity contribution >= 4 is 39.5 Å². The SMILES string of the molecule is CCCCCCCCCCCCCCCCCCCCCCCCC(=O)O[C@H](COC(=O)CCCCCCCCCCCCCCCCCCCCC)COP(=O)(O)OC[C@@H](O)COP(=O)(O)OC[C@@H](COC(=O)CCCCCCCCCCCCCC)OC(=O)CCCCCCCCCCCCCCCCC. The van der Waals surface area contributed by atoms with Gasteiger partial charge in [-0.05, 0) is 25.7 Å². The summed E-state index contributed by atoms with van der Waals surface area (Å²) >= 11 is 0. The number of esters is 4. The molecule has 0 bridgehead atoms. The number of carbonyl (C=O) groups is 4. The molecule has 0 aliphatic rings. The molecule has 108 heavy (non-hydrogen) atoms. The van der Waals surface area contributed by atoms with Crippen molar-refractivity contribution in [3.05, 3.63) is 0 Å². The molecule has 642 valence electrons. The van der Waals surface area contributed by atoms with Crippen molar-refractivity contribution in [3.8, 4) is 0 Å². The molecule has 0 aromatic rings. The van der Waals surface area contributed by atoms with Gasteiger partial charge in [0.15, 0.2) is 12.2 Å². The van der Waals surface area contributed by atoms with Crippen LogP contribution < -0.4 is 0 Å². The fourth-order valence-electron chi connectivity index (χ4n) is 14.1. The Labute approximate surface area is 664 Å². The minimum atomic E-state index is -4.97. The second kappa shape index (κ2) is 83.0. The number of hydrogen-bond acceptors (Lipinski definition) is 15. The van der Waals surface area contributed by atoms with Gasteiger partial charge in [0.1, 0.15) is 19.3 Å². The van der Waals surface area contributed by atoms with Gasteiger partial charge in [-0.3, -0.25) is 37.3 Å². The lowest BCUT2D eigenvalue weighted by Gasteiger charge is -2.21. The van der Waals surface area contributed by atoms with Crippen LogP contribution in [0.4, 0.5) is 0 Å². The molecular weight excluding hydrogens is 1400 g/mol. The van der Waals surface area contributed by atoms with Crippen LogP contribution in [0.1, 0.15) is 490 Å². The van der Waals surface area contributed by atoms with E-state index >= 15 is 0 Å². The molecule has 5 atom stereocenters. The summed E-state index contributed by atoms with van der Waals surface area (Å²) < 4.78 is 69.0. The minimum absolute atomic E-state index is 0.109. The van der Waals surface area contributed by atoms with E-state index in [1.165, 1.54) is 321 Å². The fourth-order valence-corrected chi connectivity index (χ4v) is 15.6. The second-order valence-electron chi connectivity index (χ2n) is 32.0. The Hall–Kier alpha value is -1.94. The van der Waals surface area contributed by atoms with Gasteiger partial charge in [0.25, 0.3) is 0 Å². The van der Waals surface area contributed by atoms with Crippen molar-refractivity contribution in [2.75, 3.05) is 39.6 Å².